The molecule has 1 heterocycles. The summed E-state index contributed by atoms with van der Waals surface area (Å²) >= 11 is 1.43. The van der Waals surface area contributed by atoms with Gasteiger partial charge in [-0.2, -0.15) is 0 Å². The highest BCUT2D eigenvalue weighted by atomic mass is 32.1. The van der Waals surface area contributed by atoms with Crippen molar-refractivity contribution < 1.29 is 14.5 Å². The Labute approximate surface area is 118 Å². The van der Waals surface area contributed by atoms with Crippen molar-refractivity contribution in [2.45, 2.75) is 6.54 Å². The maximum Gasteiger partial charge on any atom is 0.310 e. The number of hydrogen-bond acceptors (Lipinski definition) is 6. The van der Waals surface area contributed by atoms with Gasteiger partial charge in [0.2, 0.25) is 0 Å². The number of ether oxygens (including phenoxy) is 1. The Balaban J connectivity index is 1.85. The van der Waals surface area contributed by atoms with Crippen molar-refractivity contribution in [1.29, 1.82) is 0 Å². The molecule has 0 spiro atoms. The molecule has 0 aliphatic heterocycles. The van der Waals surface area contributed by atoms with Gasteiger partial charge in [0.1, 0.15) is 5.01 Å². The first-order valence-corrected chi connectivity index (χ1v) is 6.56. The van der Waals surface area contributed by atoms with Gasteiger partial charge in [0.05, 0.1) is 11.5 Å². The molecule has 1 aromatic heterocycles. The zero-order valence-electron chi connectivity index (χ0n) is 10.3. The van der Waals surface area contributed by atoms with E-state index in [0.29, 0.717) is 6.54 Å². The number of carbonyl (C=O) groups is 1. The number of nitro benzene ring substituents is 1. The third-order valence-corrected chi connectivity index (χ3v) is 3.12. The molecule has 0 radical (unpaired) electrons. The monoisotopic (exact) mass is 293 g/mol. The minimum atomic E-state index is -0.553. The van der Waals surface area contributed by atoms with Crippen LogP contribution in [0.25, 0.3) is 0 Å². The number of nitrogens with one attached hydrogen (secondary N) is 1. The first-order chi connectivity index (χ1) is 9.66. The predicted octanol–water partition coefficient (Wildman–Crippen LogP) is 1.75. The topological polar surface area (TPSA) is 94.4 Å². The van der Waals surface area contributed by atoms with Gasteiger partial charge in [-0.1, -0.05) is 12.1 Å². The predicted molar refractivity (Wildman–Crippen MR) is 72.6 cm³/mol. The molecule has 0 aliphatic rings. The number of carbonyl (C=O) groups excluding carboxylic acids is 1. The quantitative estimate of drug-likeness (QED) is 0.646. The molecule has 104 valence electrons. The first-order valence-electron chi connectivity index (χ1n) is 5.68. The number of nitrogens with zero attached hydrogens (tertiary/aromatic N) is 2. The Morgan fingerprint density at radius 1 is 1.45 bits per heavy atom. The van der Waals surface area contributed by atoms with Crippen molar-refractivity contribution in [3.05, 3.63) is 51.0 Å². The van der Waals surface area contributed by atoms with Crippen molar-refractivity contribution in [3.63, 3.8) is 0 Å². The van der Waals surface area contributed by atoms with Crippen LogP contribution in [-0.2, 0) is 11.3 Å². The minimum absolute atomic E-state index is 0.0712. The molecule has 0 unspecified atom stereocenters. The van der Waals surface area contributed by atoms with Crippen LogP contribution in [0.5, 0.6) is 5.75 Å². The first kappa shape index (κ1) is 13.9. The highest BCUT2D eigenvalue weighted by Gasteiger charge is 2.14. The number of nitro groups is 1. The summed E-state index contributed by atoms with van der Waals surface area (Å²) in [7, 11) is 0. The van der Waals surface area contributed by atoms with Crippen LogP contribution in [0.15, 0.2) is 35.8 Å². The second-order valence-electron chi connectivity index (χ2n) is 3.72. The van der Waals surface area contributed by atoms with Gasteiger partial charge in [-0.15, -0.1) is 11.3 Å². The average molecular weight is 293 g/mol. The van der Waals surface area contributed by atoms with Crippen LogP contribution < -0.4 is 10.1 Å². The third-order valence-electron chi connectivity index (χ3n) is 2.34. The lowest BCUT2D eigenvalue weighted by Gasteiger charge is -2.06. The van der Waals surface area contributed by atoms with Crippen LogP contribution in [0.2, 0.25) is 0 Å². The van der Waals surface area contributed by atoms with Crippen LogP contribution in [0, 0.1) is 10.1 Å². The van der Waals surface area contributed by atoms with Crippen LogP contribution >= 0.6 is 11.3 Å². The Morgan fingerprint density at radius 3 is 2.95 bits per heavy atom. The summed E-state index contributed by atoms with van der Waals surface area (Å²) in [5.74, 6) is -0.291. The number of amides is 1. The fourth-order valence-electron chi connectivity index (χ4n) is 1.44. The largest absolute Gasteiger partial charge is 0.477 e. The number of aromatic nitrogens is 1. The molecule has 8 heteroatoms. The third kappa shape index (κ3) is 3.75. The van der Waals surface area contributed by atoms with Gasteiger partial charge in [-0.05, 0) is 6.07 Å². The van der Waals surface area contributed by atoms with E-state index in [9.17, 15) is 14.9 Å². The van der Waals surface area contributed by atoms with E-state index < -0.39 is 4.92 Å². The summed E-state index contributed by atoms with van der Waals surface area (Å²) in [5.41, 5.74) is -0.166. The zero-order chi connectivity index (χ0) is 14.4. The summed E-state index contributed by atoms with van der Waals surface area (Å²) in [5, 5.41) is 16.0. The van der Waals surface area contributed by atoms with Gasteiger partial charge in [-0.25, -0.2) is 4.98 Å². The van der Waals surface area contributed by atoms with E-state index in [1.807, 2.05) is 5.38 Å². The molecule has 0 aliphatic carbocycles. The molecule has 2 rings (SSSR count). The molecular weight excluding hydrogens is 282 g/mol. The number of hydrogen-bond donors (Lipinski definition) is 1. The van der Waals surface area contributed by atoms with Gasteiger partial charge in [0.25, 0.3) is 5.91 Å². The fraction of sp³-hybridized carbons (Fsp3) is 0.167. The molecule has 1 N–H and O–H groups in total. The van der Waals surface area contributed by atoms with Crippen LogP contribution in [0.4, 0.5) is 5.69 Å². The highest BCUT2D eigenvalue weighted by molar-refractivity contribution is 7.09. The Hall–Kier alpha value is -2.48. The number of rotatable bonds is 6. The fourth-order valence-corrected chi connectivity index (χ4v) is 1.99. The Bertz CT molecular complexity index is 601. The van der Waals surface area contributed by atoms with E-state index in [0.717, 1.165) is 5.01 Å². The summed E-state index contributed by atoms with van der Waals surface area (Å²) < 4.78 is 5.16. The lowest BCUT2D eigenvalue weighted by Crippen LogP contribution is -2.28. The number of thiazole rings is 1. The normalized spacial score (nSPS) is 10.0. The molecule has 0 saturated carbocycles. The average Bonchev–Trinajstić information content (AvgIpc) is 2.96. The summed E-state index contributed by atoms with van der Waals surface area (Å²) in [4.78, 5) is 25.8. The molecule has 0 saturated heterocycles. The lowest BCUT2D eigenvalue weighted by atomic mass is 10.3. The summed E-state index contributed by atoms with van der Waals surface area (Å²) in [6.45, 7) is 0.0347. The second kappa shape index (κ2) is 6.62. The molecule has 20 heavy (non-hydrogen) atoms. The highest BCUT2D eigenvalue weighted by Crippen LogP contribution is 2.25. The Kier molecular flexibility index (Phi) is 4.61. The van der Waals surface area contributed by atoms with Gasteiger partial charge in [0, 0.05) is 17.6 Å². The maximum atomic E-state index is 11.6. The smallest absolute Gasteiger partial charge is 0.310 e. The van der Waals surface area contributed by atoms with Crippen LogP contribution in [-0.4, -0.2) is 22.4 Å². The number of para-hydroxylation sites is 2. The molecule has 1 aromatic carbocycles. The van der Waals surface area contributed by atoms with E-state index in [4.69, 9.17) is 4.74 Å². The van der Waals surface area contributed by atoms with Crippen molar-refractivity contribution in [2.75, 3.05) is 6.61 Å². The Morgan fingerprint density at radius 2 is 2.25 bits per heavy atom. The van der Waals surface area contributed by atoms with E-state index in [1.54, 1.807) is 12.3 Å². The second-order valence-corrected chi connectivity index (χ2v) is 4.70. The van der Waals surface area contributed by atoms with Crippen molar-refractivity contribution in [3.8, 4) is 5.75 Å². The molecule has 1 amide bonds. The number of benzene rings is 1. The summed E-state index contributed by atoms with van der Waals surface area (Å²) in [6, 6.07) is 5.92. The van der Waals surface area contributed by atoms with Gasteiger partial charge in [0.15, 0.2) is 12.4 Å². The van der Waals surface area contributed by atoms with Crippen LogP contribution in [0.3, 0.4) is 0 Å². The van der Waals surface area contributed by atoms with Gasteiger partial charge >= 0.3 is 5.69 Å². The molecule has 2 aromatic rings. The standard InChI is InChI=1S/C12H11N3O4S/c16-11(14-7-12-13-5-6-20-12)8-19-10-4-2-1-3-9(10)15(17)18/h1-6H,7-8H2,(H,14,16). The van der Waals surface area contributed by atoms with Gasteiger partial charge < -0.3 is 10.1 Å². The molecule has 0 fully saturated rings. The molecule has 7 nitrogen and oxygen atoms in total. The SMILES string of the molecule is O=C(COc1ccccc1[N+](=O)[O-])NCc1nccs1. The van der Waals surface area contributed by atoms with E-state index in [-0.39, 0.29) is 24.0 Å². The minimum Gasteiger partial charge on any atom is -0.477 e. The van der Waals surface area contributed by atoms with E-state index >= 15 is 0 Å². The van der Waals surface area contributed by atoms with E-state index in [2.05, 4.69) is 10.3 Å². The molecule has 0 atom stereocenters. The van der Waals surface area contributed by atoms with Crippen molar-refractivity contribution >= 4 is 22.9 Å². The van der Waals surface area contributed by atoms with Crippen molar-refractivity contribution in [1.82, 2.24) is 10.3 Å². The van der Waals surface area contributed by atoms with Crippen LogP contribution in [0.1, 0.15) is 5.01 Å². The maximum absolute atomic E-state index is 11.6. The molecule has 0 bridgehead atoms. The molecular formula is C12H11N3O4S. The zero-order valence-corrected chi connectivity index (χ0v) is 11.1. The van der Waals surface area contributed by atoms with Gasteiger partial charge in [-0.3, -0.25) is 14.9 Å². The lowest BCUT2D eigenvalue weighted by molar-refractivity contribution is -0.385. The van der Waals surface area contributed by atoms with Crippen molar-refractivity contribution in [2.24, 2.45) is 0 Å². The van der Waals surface area contributed by atoms with E-state index in [1.165, 1.54) is 29.5 Å². The summed E-state index contributed by atoms with van der Waals surface area (Å²) in [6.07, 6.45) is 1.65.